The van der Waals surface area contributed by atoms with Gasteiger partial charge in [-0.2, -0.15) is 0 Å². The summed E-state index contributed by atoms with van der Waals surface area (Å²) in [6.07, 6.45) is 10.8. The third-order valence-electron chi connectivity index (χ3n) is 5.12. The highest BCUT2D eigenvalue weighted by atomic mass is 16.1. The lowest BCUT2D eigenvalue weighted by atomic mass is 9.79. The molecule has 0 heterocycles. The summed E-state index contributed by atoms with van der Waals surface area (Å²) in [5, 5.41) is 0. The van der Waals surface area contributed by atoms with Gasteiger partial charge in [0.15, 0.2) is 11.6 Å². The summed E-state index contributed by atoms with van der Waals surface area (Å²) in [6.45, 7) is 1.87. The van der Waals surface area contributed by atoms with Crippen LogP contribution in [-0.4, -0.2) is 11.6 Å². The minimum atomic E-state index is 0.130. The third kappa shape index (κ3) is 2.22. The van der Waals surface area contributed by atoms with Gasteiger partial charge in [-0.25, -0.2) is 0 Å². The first kappa shape index (κ1) is 12.8. The van der Waals surface area contributed by atoms with Crippen LogP contribution in [-0.2, 0) is 9.59 Å². The molecule has 19 heavy (non-hydrogen) atoms. The Morgan fingerprint density at radius 1 is 0.895 bits per heavy atom. The number of hydrogen-bond acceptors (Lipinski definition) is 2. The molecule has 0 N–H and O–H groups in total. The largest absolute Gasteiger partial charge is 0.290 e. The van der Waals surface area contributed by atoms with Crippen molar-refractivity contribution in [2.75, 3.05) is 0 Å². The molecule has 2 fully saturated rings. The van der Waals surface area contributed by atoms with Crippen molar-refractivity contribution in [3.63, 3.8) is 0 Å². The Labute approximate surface area is 115 Å². The van der Waals surface area contributed by atoms with E-state index in [0.717, 1.165) is 42.4 Å². The van der Waals surface area contributed by atoms with E-state index in [2.05, 4.69) is 0 Å². The molecule has 0 aromatic carbocycles. The van der Waals surface area contributed by atoms with E-state index in [1.54, 1.807) is 6.08 Å². The van der Waals surface area contributed by atoms with Crippen LogP contribution < -0.4 is 0 Å². The van der Waals surface area contributed by atoms with Crippen LogP contribution in [0.25, 0.3) is 0 Å². The first-order valence-electron chi connectivity index (χ1n) is 7.70. The fourth-order valence-electron chi connectivity index (χ4n) is 4.07. The minimum Gasteiger partial charge on any atom is -0.290 e. The van der Waals surface area contributed by atoms with Gasteiger partial charge in [0.1, 0.15) is 0 Å². The van der Waals surface area contributed by atoms with Gasteiger partial charge in [-0.3, -0.25) is 9.59 Å². The predicted octanol–water partition coefficient (Wildman–Crippen LogP) is 3.76. The Morgan fingerprint density at radius 3 is 2.00 bits per heavy atom. The molecule has 0 radical (unpaired) electrons. The average molecular weight is 258 g/mol. The second kappa shape index (κ2) is 5.07. The van der Waals surface area contributed by atoms with Crippen molar-refractivity contribution in [2.45, 2.75) is 58.3 Å². The van der Waals surface area contributed by atoms with E-state index in [1.165, 1.54) is 25.7 Å². The molecular formula is C17H22O2. The van der Waals surface area contributed by atoms with Crippen LogP contribution in [0.5, 0.6) is 0 Å². The van der Waals surface area contributed by atoms with Gasteiger partial charge in [-0.05, 0) is 50.5 Å². The van der Waals surface area contributed by atoms with E-state index < -0.39 is 0 Å². The zero-order valence-electron chi connectivity index (χ0n) is 11.7. The highest BCUT2D eigenvalue weighted by Gasteiger charge is 2.35. The zero-order valence-corrected chi connectivity index (χ0v) is 11.7. The molecule has 0 aliphatic heterocycles. The van der Waals surface area contributed by atoms with Crippen molar-refractivity contribution in [3.05, 3.63) is 22.8 Å². The molecule has 2 saturated carbocycles. The molecule has 3 aliphatic carbocycles. The van der Waals surface area contributed by atoms with Crippen LogP contribution >= 0.6 is 0 Å². The lowest BCUT2D eigenvalue weighted by Crippen LogP contribution is -2.24. The highest BCUT2D eigenvalue weighted by Crippen LogP contribution is 2.39. The van der Waals surface area contributed by atoms with Gasteiger partial charge in [0.25, 0.3) is 0 Å². The molecule has 0 spiro atoms. The average Bonchev–Trinajstić information content (AvgIpc) is 3.06. The van der Waals surface area contributed by atoms with Crippen molar-refractivity contribution in [1.29, 1.82) is 0 Å². The van der Waals surface area contributed by atoms with Gasteiger partial charge in [0.2, 0.25) is 0 Å². The van der Waals surface area contributed by atoms with Crippen molar-refractivity contribution in [2.24, 2.45) is 11.8 Å². The van der Waals surface area contributed by atoms with E-state index in [4.69, 9.17) is 0 Å². The summed E-state index contributed by atoms with van der Waals surface area (Å²) in [6, 6.07) is 0. The van der Waals surface area contributed by atoms with Crippen molar-refractivity contribution < 1.29 is 9.59 Å². The molecule has 0 atom stereocenters. The van der Waals surface area contributed by atoms with Crippen LogP contribution in [0.3, 0.4) is 0 Å². The summed E-state index contributed by atoms with van der Waals surface area (Å²) in [4.78, 5) is 25.0. The first-order valence-corrected chi connectivity index (χ1v) is 7.70. The lowest BCUT2D eigenvalue weighted by molar-refractivity contribution is -0.116. The standard InChI is InChI=1S/C17H22O2/c1-11-16(13-8-4-5-9-13)15(18)10-14(17(11)19)12-6-2-3-7-12/h10,12-13H,2-9H2,1H3. The normalized spacial score (nSPS) is 26.5. The molecule has 3 rings (SSSR count). The maximum atomic E-state index is 12.5. The van der Waals surface area contributed by atoms with Gasteiger partial charge < -0.3 is 0 Å². The molecule has 0 aromatic rings. The quantitative estimate of drug-likeness (QED) is 0.707. The van der Waals surface area contributed by atoms with Gasteiger partial charge in [-0.15, -0.1) is 0 Å². The molecule has 2 heteroatoms. The summed E-state index contributed by atoms with van der Waals surface area (Å²) in [5.41, 5.74) is 2.40. The van der Waals surface area contributed by atoms with E-state index in [9.17, 15) is 9.59 Å². The maximum Gasteiger partial charge on any atom is 0.185 e. The second-order valence-corrected chi connectivity index (χ2v) is 6.29. The van der Waals surface area contributed by atoms with E-state index in [-0.39, 0.29) is 11.6 Å². The van der Waals surface area contributed by atoms with Gasteiger partial charge in [0, 0.05) is 16.7 Å². The molecule has 0 amide bonds. The van der Waals surface area contributed by atoms with Crippen LogP contribution in [0.1, 0.15) is 58.3 Å². The van der Waals surface area contributed by atoms with Crippen LogP contribution in [0.4, 0.5) is 0 Å². The second-order valence-electron chi connectivity index (χ2n) is 6.29. The number of carbonyl (C=O) groups is 2. The Morgan fingerprint density at radius 2 is 1.42 bits per heavy atom. The van der Waals surface area contributed by atoms with E-state index >= 15 is 0 Å². The number of Topliss-reactive ketones (excluding diaryl/α,β-unsaturated/α-hetero) is 1. The fourth-order valence-corrected chi connectivity index (χ4v) is 4.07. The van der Waals surface area contributed by atoms with Crippen molar-refractivity contribution in [1.82, 2.24) is 0 Å². The third-order valence-corrected chi connectivity index (χ3v) is 5.12. The maximum absolute atomic E-state index is 12.5. The number of ketones is 2. The number of hydrogen-bond donors (Lipinski definition) is 0. The predicted molar refractivity (Wildman–Crippen MR) is 74.7 cm³/mol. The number of rotatable bonds is 2. The first-order chi connectivity index (χ1) is 9.18. The lowest BCUT2D eigenvalue weighted by Gasteiger charge is -2.23. The fraction of sp³-hybridized carbons (Fsp3) is 0.647. The monoisotopic (exact) mass is 258 g/mol. The summed E-state index contributed by atoms with van der Waals surface area (Å²) in [5.74, 6) is 0.980. The number of allylic oxidation sites excluding steroid dienone is 4. The SMILES string of the molecule is CC1=C(C2CCCC2)C(=O)C=C(C2CCCC2)C1=O. The molecular weight excluding hydrogens is 236 g/mol. The van der Waals surface area contributed by atoms with Crippen LogP contribution in [0.15, 0.2) is 22.8 Å². The summed E-state index contributed by atoms with van der Waals surface area (Å²) < 4.78 is 0. The van der Waals surface area contributed by atoms with Gasteiger partial charge in [0.05, 0.1) is 0 Å². The molecule has 0 unspecified atom stereocenters. The summed E-state index contributed by atoms with van der Waals surface area (Å²) in [7, 11) is 0. The van der Waals surface area contributed by atoms with Gasteiger partial charge >= 0.3 is 0 Å². The Kier molecular flexibility index (Phi) is 3.42. The van der Waals surface area contributed by atoms with Crippen LogP contribution in [0, 0.1) is 11.8 Å². The molecule has 0 aromatic heterocycles. The Bertz CT molecular complexity index is 469. The zero-order chi connectivity index (χ0) is 13.4. The Balaban J connectivity index is 1.89. The number of carbonyl (C=O) groups excluding carboxylic acids is 2. The topological polar surface area (TPSA) is 34.1 Å². The minimum absolute atomic E-state index is 0.130. The molecule has 3 aliphatic rings. The molecule has 102 valence electrons. The smallest absolute Gasteiger partial charge is 0.185 e. The van der Waals surface area contributed by atoms with Crippen molar-refractivity contribution >= 4 is 11.6 Å². The Hall–Kier alpha value is -1.18. The van der Waals surface area contributed by atoms with Crippen LogP contribution in [0.2, 0.25) is 0 Å². The van der Waals surface area contributed by atoms with Gasteiger partial charge in [-0.1, -0.05) is 25.7 Å². The molecule has 0 saturated heterocycles. The van der Waals surface area contributed by atoms with Crippen molar-refractivity contribution in [3.8, 4) is 0 Å². The highest BCUT2D eigenvalue weighted by molar-refractivity contribution is 6.22. The molecule has 0 bridgehead atoms. The molecule has 2 nitrogen and oxygen atoms in total. The summed E-state index contributed by atoms with van der Waals surface area (Å²) >= 11 is 0. The van der Waals surface area contributed by atoms with E-state index in [0.29, 0.717) is 11.8 Å². The van der Waals surface area contributed by atoms with E-state index in [1.807, 2.05) is 6.92 Å².